The van der Waals surface area contributed by atoms with Crippen LogP contribution in [0.1, 0.15) is 17.3 Å². The number of hydrogen-bond acceptors (Lipinski definition) is 2. The van der Waals surface area contributed by atoms with Gasteiger partial charge < -0.3 is 4.90 Å². The lowest BCUT2D eigenvalue weighted by molar-refractivity contribution is -0.197. The van der Waals surface area contributed by atoms with Gasteiger partial charge in [0, 0.05) is 19.1 Å². The van der Waals surface area contributed by atoms with Crippen LogP contribution in [0, 0.1) is 5.82 Å². The van der Waals surface area contributed by atoms with Crippen molar-refractivity contribution in [1.29, 1.82) is 0 Å². The minimum atomic E-state index is -4.43. The third-order valence-corrected chi connectivity index (χ3v) is 3.83. The molecule has 2 rings (SSSR count). The van der Waals surface area contributed by atoms with Crippen molar-refractivity contribution in [2.24, 2.45) is 0 Å². The van der Waals surface area contributed by atoms with Crippen LogP contribution in [0.25, 0.3) is 0 Å². The van der Waals surface area contributed by atoms with E-state index in [1.54, 1.807) is 6.92 Å². The Morgan fingerprint density at radius 2 is 1.86 bits per heavy atom. The third kappa shape index (κ3) is 3.18. The number of carbonyl (C=O) groups excluding carboxylic acids is 1. The Bertz CT molecular complexity index is 532. The number of rotatable bonds is 1. The summed E-state index contributed by atoms with van der Waals surface area (Å²) in [5, 5.41) is 0. The molecule has 0 radical (unpaired) electrons. The zero-order chi connectivity index (χ0) is 15.8. The molecule has 0 aromatic heterocycles. The first-order valence-corrected chi connectivity index (χ1v) is 6.54. The minimum Gasteiger partial charge on any atom is -0.335 e. The molecule has 0 N–H and O–H groups in total. The van der Waals surface area contributed by atoms with Gasteiger partial charge in [-0.2, -0.15) is 13.2 Å². The van der Waals surface area contributed by atoms with E-state index in [4.69, 9.17) is 0 Å². The van der Waals surface area contributed by atoms with Gasteiger partial charge in [0.2, 0.25) is 0 Å². The van der Waals surface area contributed by atoms with Crippen LogP contribution in [-0.4, -0.2) is 54.1 Å². The molecule has 0 aliphatic carbocycles. The molecule has 116 valence electrons. The molecular weight excluding hydrogens is 288 g/mol. The Labute approximate surface area is 120 Å². The summed E-state index contributed by atoms with van der Waals surface area (Å²) in [4.78, 5) is 14.5. The van der Waals surface area contributed by atoms with Crippen LogP contribution in [0.3, 0.4) is 0 Å². The van der Waals surface area contributed by atoms with Crippen molar-refractivity contribution in [3.8, 4) is 0 Å². The molecule has 0 saturated carbocycles. The number of hydrogen-bond donors (Lipinski definition) is 0. The Morgan fingerprint density at radius 3 is 2.43 bits per heavy atom. The lowest BCUT2D eigenvalue weighted by atomic mass is 10.1. The number of amides is 1. The average molecular weight is 304 g/mol. The number of alkyl halides is 3. The van der Waals surface area contributed by atoms with Gasteiger partial charge in [0.15, 0.2) is 0 Å². The molecule has 1 amide bonds. The maximum atomic E-state index is 13.6. The first-order valence-electron chi connectivity index (χ1n) is 6.54. The minimum absolute atomic E-state index is 0.135. The van der Waals surface area contributed by atoms with Crippen molar-refractivity contribution in [1.82, 2.24) is 9.80 Å². The number of likely N-dealkylation sites (N-methyl/N-ethyl adjacent to an activating group) is 1. The normalized spacial score (nSPS) is 24.2. The van der Waals surface area contributed by atoms with E-state index in [0.29, 0.717) is 0 Å². The molecular formula is C14H16F4N2O. The van der Waals surface area contributed by atoms with Gasteiger partial charge in [0.25, 0.3) is 5.91 Å². The molecule has 0 bridgehead atoms. The summed E-state index contributed by atoms with van der Waals surface area (Å²) in [5.74, 6) is -1.43. The molecule has 1 aliphatic rings. The van der Waals surface area contributed by atoms with Gasteiger partial charge in [0.1, 0.15) is 11.9 Å². The highest BCUT2D eigenvalue weighted by molar-refractivity contribution is 5.94. The van der Waals surface area contributed by atoms with Gasteiger partial charge in [-0.15, -0.1) is 0 Å². The van der Waals surface area contributed by atoms with Crippen molar-refractivity contribution in [3.63, 3.8) is 0 Å². The predicted octanol–water partition coefficient (Wildman–Crippen LogP) is 2.53. The van der Waals surface area contributed by atoms with Crippen molar-refractivity contribution < 1.29 is 22.4 Å². The summed E-state index contributed by atoms with van der Waals surface area (Å²) in [7, 11) is 1.38. The fourth-order valence-corrected chi connectivity index (χ4v) is 2.47. The molecule has 1 fully saturated rings. The highest BCUT2D eigenvalue weighted by atomic mass is 19.4. The molecule has 0 spiro atoms. The monoisotopic (exact) mass is 304 g/mol. The number of halogens is 4. The highest BCUT2D eigenvalue weighted by Crippen LogP contribution is 2.29. The van der Waals surface area contributed by atoms with Gasteiger partial charge in [0.05, 0.1) is 5.56 Å². The molecule has 7 heteroatoms. The third-order valence-electron chi connectivity index (χ3n) is 3.83. The molecule has 2 unspecified atom stereocenters. The lowest BCUT2D eigenvalue weighted by Gasteiger charge is -2.44. The fraction of sp³-hybridized carbons (Fsp3) is 0.500. The quantitative estimate of drug-likeness (QED) is 0.744. The molecule has 3 nitrogen and oxygen atoms in total. The van der Waals surface area contributed by atoms with Crippen molar-refractivity contribution >= 4 is 5.91 Å². The SMILES string of the molecule is CC1CN(C(=O)c2ccccc2F)CC(C(F)(F)F)N1C. The zero-order valence-electron chi connectivity index (χ0n) is 11.7. The second kappa shape index (κ2) is 5.63. The maximum absolute atomic E-state index is 13.6. The highest BCUT2D eigenvalue weighted by Gasteiger charge is 2.48. The standard InChI is InChI=1S/C14H16F4N2O/c1-9-7-20(8-12(19(9)2)14(16,17)18)13(21)10-5-3-4-6-11(10)15/h3-6,9,12H,7-8H2,1-2H3. The molecule has 1 aromatic rings. The van der Waals surface area contributed by atoms with Crippen molar-refractivity contribution in [3.05, 3.63) is 35.6 Å². The van der Waals surface area contributed by atoms with E-state index in [9.17, 15) is 22.4 Å². The summed E-state index contributed by atoms with van der Waals surface area (Å²) in [6.07, 6.45) is -4.43. The summed E-state index contributed by atoms with van der Waals surface area (Å²) >= 11 is 0. The van der Waals surface area contributed by atoms with E-state index in [-0.39, 0.29) is 12.1 Å². The smallest absolute Gasteiger partial charge is 0.335 e. The van der Waals surface area contributed by atoms with Crippen LogP contribution in [0.4, 0.5) is 17.6 Å². The first-order chi connectivity index (χ1) is 9.71. The van der Waals surface area contributed by atoms with E-state index < -0.39 is 36.5 Å². The van der Waals surface area contributed by atoms with Crippen LogP contribution in [-0.2, 0) is 0 Å². The second-order valence-electron chi connectivity index (χ2n) is 5.26. The van der Waals surface area contributed by atoms with E-state index >= 15 is 0 Å². The van der Waals surface area contributed by atoms with E-state index in [1.807, 2.05) is 0 Å². The van der Waals surface area contributed by atoms with E-state index in [2.05, 4.69) is 0 Å². The molecule has 1 aromatic carbocycles. The second-order valence-corrected chi connectivity index (χ2v) is 5.26. The largest absolute Gasteiger partial charge is 0.405 e. The fourth-order valence-electron chi connectivity index (χ4n) is 2.47. The van der Waals surface area contributed by atoms with Crippen LogP contribution in [0.5, 0.6) is 0 Å². The number of benzene rings is 1. The Balaban J connectivity index is 2.25. The zero-order valence-corrected chi connectivity index (χ0v) is 11.7. The Hall–Kier alpha value is -1.63. The van der Waals surface area contributed by atoms with Gasteiger partial charge in [-0.05, 0) is 26.1 Å². The number of piperazine rings is 1. The van der Waals surface area contributed by atoms with Crippen LogP contribution in [0.15, 0.2) is 24.3 Å². The van der Waals surface area contributed by atoms with Gasteiger partial charge in [-0.25, -0.2) is 4.39 Å². The summed E-state index contributed by atoms with van der Waals surface area (Å²) in [6, 6.07) is 3.11. The lowest BCUT2D eigenvalue weighted by Crippen LogP contribution is -2.62. The predicted molar refractivity (Wildman–Crippen MR) is 69.4 cm³/mol. The molecule has 21 heavy (non-hydrogen) atoms. The van der Waals surface area contributed by atoms with Gasteiger partial charge in [-0.1, -0.05) is 12.1 Å². The topological polar surface area (TPSA) is 23.6 Å². The van der Waals surface area contributed by atoms with Crippen LogP contribution >= 0.6 is 0 Å². The Morgan fingerprint density at radius 1 is 1.24 bits per heavy atom. The molecule has 1 aliphatic heterocycles. The van der Waals surface area contributed by atoms with Crippen LogP contribution in [0.2, 0.25) is 0 Å². The summed E-state index contributed by atoms with van der Waals surface area (Å²) in [6.45, 7) is 1.26. The molecule has 1 saturated heterocycles. The van der Waals surface area contributed by atoms with E-state index in [0.717, 1.165) is 11.0 Å². The first kappa shape index (κ1) is 15.8. The Kier molecular flexibility index (Phi) is 4.22. The number of nitrogens with zero attached hydrogens (tertiary/aromatic N) is 2. The summed E-state index contributed by atoms with van der Waals surface area (Å²) < 4.78 is 52.7. The summed E-state index contributed by atoms with van der Waals surface area (Å²) in [5.41, 5.74) is -0.199. The number of carbonyl (C=O) groups is 1. The van der Waals surface area contributed by atoms with Crippen LogP contribution < -0.4 is 0 Å². The average Bonchev–Trinajstić information content (AvgIpc) is 2.40. The van der Waals surface area contributed by atoms with E-state index in [1.165, 1.54) is 30.1 Å². The van der Waals surface area contributed by atoms with Gasteiger partial charge in [-0.3, -0.25) is 9.69 Å². The molecule has 2 atom stereocenters. The molecule has 1 heterocycles. The maximum Gasteiger partial charge on any atom is 0.405 e. The van der Waals surface area contributed by atoms with Crippen molar-refractivity contribution in [2.45, 2.75) is 25.2 Å². The van der Waals surface area contributed by atoms with Gasteiger partial charge >= 0.3 is 6.18 Å². The van der Waals surface area contributed by atoms with Crippen molar-refractivity contribution in [2.75, 3.05) is 20.1 Å².